The molecule has 0 spiro atoms. The van der Waals surface area contributed by atoms with Crippen LogP contribution in [0.15, 0.2) is 6.20 Å². The third kappa shape index (κ3) is 4.08. The molecule has 1 atom stereocenters. The molecular formula is C13H20ClN3OS. The molecule has 0 saturated carbocycles. The summed E-state index contributed by atoms with van der Waals surface area (Å²) in [7, 11) is 1.77. The van der Waals surface area contributed by atoms with Crippen LogP contribution in [0.3, 0.4) is 0 Å². The minimum Gasteiger partial charge on any atom is -0.337 e. The molecule has 0 aliphatic carbocycles. The Balaban J connectivity index is 3.01. The number of thioether (sulfide) groups is 1. The third-order valence-corrected chi connectivity index (χ3v) is 3.96. The molecule has 106 valence electrons. The normalized spacial score (nSPS) is 12.6. The number of carbonyl (C=O) groups is 1. The minimum absolute atomic E-state index is 0.135. The molecule has 1 heterocycles. The smallest absolute Gasteiger partial charge is 0.274 e. The Bertz CT molecular complexity index is 454. The van der Waals surface area contributed by atoms with E-state index in [2.05, 4.69) is 9.97 Å². The summed E-state index contributed by atoms with van der Waals surface area (Å²) in [5.41, 5.74) is 0.288. The summed E-state index contributed by atoms with van der Waals surface area (Å²) in [5, 5.41) is 0.303. The number of rotatable bonds is 5. The highest BCUT2D eigenvalue weighted by Crippen LogP contribution is 2.18. The maximum Gasteiger partial charge on any atom is 0.274 e. The molecule has 0 aliphatic rings. The van der Waals surface area contributed by atoms with E-state index in [-0.39, 0.29) is 23.6 Å². The Morgan fingerprint density at radius 1 is 1.47 bits per heavy atom. The van der Waals surface area contributed by atoms with Crippen molar-refractivity contribution in [2.75, 3.05) is 19.1 Å². The first kappa shape index (κ1) is 16.2. The predicted molar refractivity (Wildman–Crippen MR) is 81.1 cm³/mol. The van der Waals surface area contributed by atoms with E-state index in [0.29, 0.717) is 10.8 Å². The zero-order valence-corrected chi connectivity index (χ0v) is 13.5. The minimum atomic E-state index is -0.157. The first-order valence-electron chi connectivity index (χ1n) is 6.17. The molecule has 0 aliphatic heterocycles. The fraction of sp³-hybridized carbons (Fsp3) is 0.615. The summed E-state index contributed by atoms with van der Waals surface area (Å²) in [6, 6.07) is 0.135. The van der Waals surface area contributed by atoms with Gasteiger partial charge in [0, 0.05) is 24.8 Å². The molecule has 6 heteroatoms. The van der Waals surface area contributed by atoms with Gasteiger partial charge in [0.05, 0.1) is 11.2 Å². The molecule has 0 fully saturated rings. The summed E-state index contributed by atoms with van der Waals surface area (Å²) in [6.07, 6.45) is 3.52. The molecule has 0 radical (unpaired) electrons. The molecule has 19 heavy (non-hydrogen) atoms. The zero-order chi connectivity index (χ0) is 14.6. The van der Waals surface area contributed by atoms with Gasteiger partial charge in [-0.25, -0.2) is 9.97 Å². The molecule has 1 amide bonds. The van der Waals surface area contributed by atoms with Gasteiger partial charge in [0.15, 0.2) is 5.69 Å². The Hall–Kier alpha value is -0.810. The molecule has 0 bridgehead atoms. The molecular weight excluding hydrogens is 282 g/mol. The van der Waals surface area contributed by atoms with Crippen LogP contribution in [0.2, 0.25) is 5.02 Å². The van der Waals surface area contributed by atoms with E-state index in [1.54, 1.807) is 23.7 Å². The molecule has 1 aromatic heterocycles. The lowest BCUT2D eigenvalue weighted by atomic mass is 10.2. The number of halogens is 1. The Morgan fingerprint density at radius 2 is 2.11 bits per heavy atom. The SMILES string of the molecule is CSCC(C)N(C)C(=O)c1nc(C(C)C)ncc1Cl. The first-order valence-corrected chi connectivity index (χ1v) is 7.94. The van der Waals surface area contributed by atoms with Gasteiger partial charge in [-0.1, -0.05) is 25.4 Å². The van der Waals surface area contributed by atoms with Crippen LogP contribution in [-0.2, 0) is 0 Å². The standard InChI is InChI=1S/C13H20ClN3OS/c1-8(2)12-15-6-10(14)11(16-12)13(18)17(4)9(3)7-19-5/h6,8-9H,7H2,1-5H3. The Morgan fingerprint density at radius 3 is 2.63 bits per heavy atom. The van der Waals surface area contributed by atoms with Crippen LogP contribution in [0.5, 0.6) is 0 Å². The summed E-state index contributed by atoms with van der Waals surface area (Å²) >= 11 is 7.75. The van der Waals surface area contributed by atoms with Crippen LogP contribution >= 0.6 is 23.4 Å². The number of amides is 1. The lowest BCUT2D eigenvalue weighted by Gasteiger charge is -2.24. The van der Waals surface area contributed by atoms with E-state index in [1.807, 2.05) is 27.0 Å². The second kappa shape index (κ2) is 7.10. The highest BCUT2D eigenvalue weighted by atomic mass is 35.5. The number of carbonyl (C=O) groups excluding carboxylic acids is 1. The van der Waals surface area contributed by atoms with Gasteiger partial charge >= 0.3 is 0 Å². The maximum atomic E-state index is 12.4. The van der Waals surface area contributed by atoms with Crippen molar-refractivity contribution in [1.29, 1.82) is 0 Å². The van der Waals surface area contributed by atoms with Crippen LogP contribution < -0.4 is 0 Å². The van der Waals surface area contributed by atoms with Crippen LogP contribution in [0, 0.1) is 0 Å². The molecule has 0 aromatic carbocycles. The summed E-state index contributed by atoms with van der Waals surface area (Å²) in [4.78, 5) is 22.5. The average molecular weight is 302 g/mol. The number of hydrogen-bond acceptors (Lipinski definition) is 4. The first-order chi connectivity index (χ1) is 8.88. The lowest BCUT2D eigenvalue weighted by Crippen LogP contribution is -2.37. The molecule has 1 aromatic rings. The summed E-state index contributed by atoms with van der Waals surface area (Å²) in [5.74, 6) is 1.52. The fourth-order valence-corrected chi connectivity index (χ4v) is 2.41. The number of hydrogen-bond donors (Lipinski definition) is 0. The van der Waals surface area contributed by atoms with E-state index in [1.165, 1.54) is 6.20 Å². The Labute approximate surface area is 124 Å². The molecule has 4 nitrogen and oxygen atoms in total. The summed E-state index contributed by atoms with van der Waals surface area (Å²) in [6.45, 7) is 5.97. The average Bonchev–Trinajstić information content (AvgIpc) is 2.37. The van der Waals surface area contributed by atoms with Crippen molar-refractivity contribution >= 4 is 29.3 Å². The van der Waals surface area contributed by atoms with Gasteiger partial charge in [0.2, 0.25) is 0 Å². The van der Waals surface area contributed by atoms with Crippen molar-refractivity contribution in [2.45, 2.75) is 32.7 Å². The van der Waals surface area contributed by atoms with E-state index >= 15 is 0 Å². The number of nitrogens with zero attached hydrogens (tertiary/aromatic N) is 3. The van der Waals surface area contributed by atoms with E-state index in [0.717, 1.165) is 5.75 Å². The largest absolute Gasteiger partial charge is 0.337 e. The van der Waals surface area contributed by atoms with Gasteiger partial charge in [-0.15, -0.1) is 0 Å². The summed E-state index contributed by atoms with van der Waals surface area (Å²) < 4.78 is 0. The van der Waals surface area contributed by atoms with Crippen LogP contribution in [0.1, 0.15) is 43.0 Å². The second-order valence-corrected chi connectivity index (χ2v) is 6.12. The van der Waals surface area contributed by atoms with Gasteiger partial charge < -0.3 is 4.90 Å². The lowest BCUT2D eigenvalue weighted by molar-refractivity contribution is 0.0751. The van der Waals surface area contributed by atoms with Crippen LogP contribution in [-0.4, -0.2) is 45.9 Å². The van der Waals surface area contributed by atoms with Crippen molar-refractivity contribution in [3.8, 4) is 0 Å². The van der Waals surface area contributed by atoms with Crippen LogP contribution in [0.25, 0.3) is 0 Å². The quantitative estimate of drug-likeness (QED) is 0.838. The van der Waals surface area contributed by atoms with E-state index in [4.69, 9.17) is 11.6 Å². The number of aromatic nitrogens is 2. The highest BCUT2D eigenvalue weighted by molar-refractivity contribution is 7.98. The van der Waals surface area contributed by atoms with E-state index < -0.39 is 0 Å². The molecule has 1 rings (SSSR count). The van der Waals surface area contributed by atoms with Gasteiger partial charge in [-0.2, -0.15) is 11.8 Å². The maximum absolute atomic E-state index is 12.4. The van der Waals surface area contributed by atoms with Crippen LogP contribution in [0.4, 0.5) is 0 Å². The van der Waals surface area contributed by atoms with Gasteiger partial charge in [0.25, 0.3) is 5.91 Å². The second-order valence-electron chi connectivity index (χ2n) is 4.80. The predicted octanol–water partition coefficient (Wildman–Crippen LogP) is 3.08. The zero-order valence-electron chi connectivity index (χ0n) is 12.0. The van der Waals surface area contributed by atoms with Crippen molar-refractivity contribution in [3.63, 3.8) is 0 Å². The van der Waals surface area contributed by atoms with Gasteiger partial charge in [-0.3, -0.25) is 4.79 Å². The third-order valence-electron chi connectivity index (χ3n) is 2.87. The topological polar surface area (TPSA) is 46.1 Å². The van der Waals surface area contributed by atoms with Crippen molar-refractivity contribution in [1.82, 2.24) is 14.9 Å². The highest BCUT2D eigenvalue weighted by Gasteiger charge is 2.22. The Kier molecular flexibility index (Phi) is 6.07. The fourth-order valence-electron chi connectivity index (χ4n) is 1.53. The van der Waals surface area contributed by atoms with Gasteiger partial charge in [-0.05, 0) is 13.2 Å². The van der Waals surface area contributed by atoms with Crippen molar-refractivity contribution in [2.24, 2.45) is 0 Å². The van der Waals surface area contributed by atoms with E-state index in [9.17, 15) is 4.79 Å². The van der Waals surface area contributed by atoms with Gasteiger partial charge in [0.1, 0.15) is 5.82 Å². The van der Waals surface area contributed by atoms with Crippen molar-refractivity contribution in [3.05, 3.63) is 22.7 Å². The van der Waals surface area contributed by atoms with Crippen molar-refractivity contribution < 1.29 is 4.79 Å². The monoisotopic (exact) mass is 301 g/mol. The molecule has 1 unspecified atom stereocenters. The molecule has 0 saturated heterocycles. The molecule has 0 N–H and O–H groups in total.